The Balaban J connectivity index is 2.02. The Morgan fingerprint density at radius 1 is 1.17 bits per heavy atom. The number of anilines is 2. The maximum absolute atomic E-state index is 13.9. The van der Waals surface area contributed by atoms with Crippen LogP contribution in [0.5, 0.6) is 5.75 Å². The number of unbranched alkanes of at least 4 members (excludes halogenated alkanes) is 2. The molecule has 1 atom stereocenters. The van der Waals surface area contributed by atoms with Gasteiger partial charge >= 0.3 is 0 Å². The summed E-state index contributed by atoms with van der Waals surface area (Å²) in [4.78, 5) is 29.4. The second kappa shape index (κ2) is 10.2. The third kappa shape index (κ3) is 5.07. The number of hydrogen-bond acceptors (Lipinski definition) is 4. The Bertz CT molecular complexity index is 1190. The molecule has 1 aliphatic heterocycles. The number of para-hydroxylation sites is 2. The number of Topliss-reactive ketones (excluding diaryl/α,β-unsaturated/α-hetero) is 1. The van der Waals surface area contributed by atoms with Crippen molar-refractivity contribution in [2.75, 3.05) is 17.3 Å². The van der Waals surface area contributed by atoms with E-state index in [0.29, 0.717) is 46.2 Å². The Hall–Kier alpha value is -2.50. The summed E-state index contributed by atoms with van der Waals surface area (Å²) in [6, 6.07) is 10.4. The molecule has 5 nitrogen and oxygen atoms in total. The van der Waals surface area contributed by atoms with Crippen LogP contribution in [-0.4, -0.2) is 18.8 Å². The minimum absolute atomic E-state index is 0.00562. The van der Waals surface area contributed by atoms with Gasteiger partial charge in [0.25, 0.3) is 0 Å². The topological polar surface area (TPSA) is 58.6 Å². The molecular weight excluding hydrogens is 483 g/mol. The van der Waals surface area contributed by atoms with Crippen LogP contribution in [0.1, 0.15) is 70.9 Å². The van der Waals surface area contributed by atoms with Crippen LogP contribution in [0.3, 0.4) is 0 Å². The van der Waals surface area contributed by atoms with Crippen molar-refractivity contribution in [3.8, 4) is 5.75 Å². The van der Waals surface area contributed by atoms with Crippen LogP contribution >= 0.6 is 23.2 Å². The molecule has 2 aliphatic rings. The lowest BCUT2D eigenvalue weighted by Crippen LogP contribution is -2.39. The minimum atomic E-state index is -0.718. The van der Waals surface area contributed by atoms with E-state index in [1.165, 1.54) is 7.11 Å². The van der Waals surface area contributed by atoms with Crippen molar-refractivity contribution in [2.24, 2.45) is 5.41 Å². The Morgan fingerprint density at radius 2 is 1.91 bits per heavy atom. The highest BCUT2D eigenvalue weighted by atomic mass is 35.5. The van der Waals surface area contributed by atoms with Crippen molar-refractivity contribution in [3.05, 3.63) is 63.3 Å². The van der Waals surface area contributed by atoms with E-state index in [2.05, 4.69) is 26.1 Å². The first-order valence-electron chi connectivity index (χ1n) is 12.1. The highest BCUT2D eigenvalue weighted by molar-refractivity contribution is 6.35. The summed E-state index contributed by atoms with van der Waals surface area (Å²) in [6.07, 6.45) is 4.17. The largest absolute Gasteiger partial charge is 0.495 e. The molecule has 0 saturated carbocycles. The average Bonchev–Trinajstić information content (AvgIpc) is 2.92. The lowest BCUT2D eigenvalue weighted by molar-refractivity contribution is -0.119. The summed E-state index contributed by atoms with van der Waals surface area (Å²) >= 11 is 13.0. The fraction of sp³-hybridized carbons (Fsp3) is 0.429. The van der Waals surface area contributed by atoms with Gasteiger partial charge in [-0.25, -0.2) is 0 Å². The van der Waals surface area contributed by atoms with Crippen molar-refractivity contribution < 1.29 is 14.3 Å². The van der Waals surface area contributed by atoms with E-state index < -0.39 is 6.04 Å². The van der Waals surface area contributed by atoms with Gasteiger partial charge in [0, 0.05) is 34.7 Å². The zero-order chi connectivity index (χ0) is 25.3. The summed E-state index contributed by atoms with van der Waals surface area (Å²) < 4.78 is 5.71. The van der Waals surface area contributed by atoms with Crippen molar-refractivity contribution in [1.29, 1.82) is 0 Å². The molecule has 0 radical (unpaired) electrons. The lowest BCUT2D eigenvalue weighted by Gasteiger charge is -2.37. The first-order chi connectivity index (χ1) is 16.7. The third-order valence-corrected chi connectivity index (χ3v) is 7.20. The molecule has 1 N–H and O–H groups in total. The number of allylic oxidation sites excluding steroid dienone is 1. The molecule has 1 amide bonds. The number of benzene rings is 2. The molecule has 0 saturated heterocycles. The molecule has 7 heteroatoms. The van der Waals surface area contributed by atoms with Crippen molar-refractivity contribution >= 4 is 46.3 Å². The van der Waals surface area contributed by atoms with Gasteiger partial charge in [-0.15, -0.1) is 0 Å². The van der Waals surface area contributed by atoms with E-state index in [4.69, 9.17) is 27.9 Å². The molecule has 1 heterocycles. The normalized spacial score (nSPS) is 19.0. The maximum Gasteiger partial charge on any atom is 0.227 e. The van der Waals surface area contributed by atoms with Gasteiger partial charge in [0.2, 0.25) is 5.91 Å². The number of carbonyl (C=O) groups excluding carboxylic acids is 2. The van der Waals surface area contributed by atoms with Crippen LogP contribution in [0.15, 0.2) is 47.7 Å². The van der Waals surface area contributed by atoms with E-state index in [1.807, 2.05) is 24.3 Å². The number of methoxy groups -OCH3 is 1. The number of fused-ring (bicyclic) bond motifs is 1. The Kier molecular flexibility index (Phi) is 7.48. The minimum Gasteiger partial charge on any atom is -0.495 e. The predicted octanol–water partition coefficient (Wildman–Crippen LogP) is 7.73. The van der Waals surface area contributed by atoms with Gasteiger partial charge in [0.1, 0.15) is 5.75 Å². The number of carbonyl (C=O) groups is 2. The molecular formula is C28H32Cl2N2O3. The predicted molar refractivity (Wildman–Crippen MR) is 142 cm³/mol. The first-order valence-corrected chi connectivity index (χ1v) is 12.9. The monoisotopic (exact) mass is 514 g/mol. The number of nitrogens with one attached hydrogen (secondary N) is 1. The summed E-state index contributed by atoms with van der Waals surface area (Å²) in [5.74, 6) is 0.365. The highest BCUT2D eigenvalue weighted by Crippen LogP contribution is 2.51. The first kappa shape index (κ1) is 25.6. The molecule has 186 valence electrons. The molecule has 35 heavy (non-hydrogen) atoms. The van der Waals surface area contributed by atoms with E-state index >= 15 is 0 Å². The number of hydrogen-bond donors (Lipinski definition) is 1. The van der Waals surface area contributed by atoms with Crippen LogP contribution in [-0.2, 0) is 9.59 Å². The van der Waals surface area contributed by atoms with E-state index in [0.717, 1.165) is 36.3 Å². The molecule has 1 aliphatic carbocycles. The fourth-order valence-corrected chi connectivity index (χ4v) is 5.79. The maximum atomic E-state index is 13.9. The van der Waals surface area contributed by atoms with Crippen LogP contribution < -0.4 is 15.0 Å². The smallest absolute Gasteiger partial charge is 0.227 e. The highest BCUT2D eigenvalue weighted by Gasteiger charge is 2.44. The van der Waals surface area contributed by atoms with Crippen LogP contribution in [0.4, 0.5) is 11.4 Å². The fourth-order valence-electron chi connectivity index (χ4n) is 5.20. The molecule has 0 spiro atoms. The Morgan fingerprint density at radius 3 is 2.63 bits per heavy atom. The van der Waals surface area contributed by atoms with Crippen molar-refractivity contribution in [2.45, 2.75) is 65.3 Å². The molecule has 2 aromatic carbocycles. The van der Waals surface area contributed by atoms with Gasteiger partial charge in [0.15, 0.2) is 5.78 Å². The van der Waals surface area contributed by atoms with Crippen LogP contribution in [0.2, 0.25) is 10.0 Å². The number of ether oxygens (including phenoxy) is 1. The molecule has 0 unspecified atom stereocenters. The van der Waals surface area contributed by atoms with Gasteiger partial charge in [-0.05, 0) is 42.5 Å². The molecule has 0 aromatic heterocycles. The van der Waals surface area contributed by atoms with Crippen LogP contribution in [0.25, 0.3) is 0 Å². The Labute approximate surface area is 217 Å². The number of rotatable bonds is 6. The number of halogens is 2. The number of amides is 1. The van der Waals surface area contributed by atoms with E-state index in [9.17, 15) is 9.59 Å². The van der Waals surface area contributed by atoms with E-state index in [1.54, 1.807) is 17.0 Å². The quantitative estimate of drug-likeness (QED) is 0.400. The zero-order valence-corrected chi connectivity index (χ0v) is 22.2. The van der Waals surface area contributed by atoms with Crippen molar-refractivity contribution in [1.82, 2.24) is 0 Å². The lowest BCUT2D eigenvalue weighted by atomic mass is 9.73. The summed E-state index contributed by atoms with van der Waals surface area (Å²) in [5.41, 5.74) is 3.30. The van der Waals surface area contributed by atoms with Gasteiger partial charge in [-0.2, -0.15) is 0 Å². The number of ketones is 1. The van der Waals surface area contributed by atoms with Crippen molar-refractivity contribution in [3.63, 3.8) is 0 Å². The third-order valence-electron chi connectivity index (χ3n) is 6.70. The summed E-state index contributed by atoms with van der Waals surface area (Å²) in [6.45, 7) is 6.29. The summed E-state index contributed by atoms with van der Waals surface area (Å²) in [5, 5.41) is 4.28. The van der Waals surface area contributed by atoms with Gasteiger partial charge in [-0.1, -0.05) is 68.9 Å². The second-order valence-electron chi connectivity index (χ2n) is 10.1. The standard InChI is InChI=1S/C28H32Cl2N2O3/c1-5-6-7-12-24(34)32-22-11-9-8-10-20(22)31-21-15-28(2,3)16-23(33)25(21)26(32)18-13-17(29)14-19(30)27(18)35-4/h8-11,13-14,26,31H,5-7,12,15-16H2,1-4H3/t26-/m0/s1. The average molecular weight is 515 g/mol. The molecule has 0 fully saturated rings. The second-order valence-corrected chi connectivity index (χ2v) is 11.0. The molecule has 0 bridgehead atoms. The summed E-state index contributed by atoms with van der Waals surface area (Å²) in [7, 11) is 1.54. The van der Waals surface area contributed by atoms with Gasteiger partial charge < -0.3 is 10.1 Å². The van der Waals surface area contributed by atoms with E-state index in [-0.39, 0.29) is 17.1 Å². The zero-order valence-electron chi connectivity index (χ0n) is 20.7. The van der Waals surface area contributed by atoms with Crippen LogP contribution in [0, 0.1) is 5.41 Å². The van der Waals surface area contributed by atoms with Gasteiger partial charge in [-0.3, -0.25) is 14.5 Å². The van der Waals surface area contributed by atoms with Gasteiger partial charge in [0.05, 0.1) is 29.5 Å². The number of nitrogens with zero attached hydrogens (tertiary/aromatic N) is 1. The molecule has 2 aromatic rings. The SMILES string of the molecule is CCCCCC(=O)N1c2ccccc2NC2=C(C(=O)CC(C)(C)C2)[C@@H]1c1cc(Cl)cc(Cl)c1OC. The molecule has 4 rings (SSSR count).